The number of hydrogen-bond acceptors (Lipinski definition) is 10. The fraction of sp³-hybridized carbons (Fsp3) is 0.611. The Morgan fingerprint density at radius 1 is 1.38 bits per heavy atom. The normalized spacial score (nSPS) is 22.5. The van der Waals surface area contributed by atoms with Gasteiger partial charge >= 0.3 is 0 Å². The molecular weight excluding hydrogens is 456 g/mol. The summed E-state index contributed by atoms with van der Waals surface area (Å²) in [4.78, 5) is 1.92. The van der Waals surface area contributed by atoms with Gasteiger partial charge < -0.3 is 19.9 Å². The van der Waals surface area contributed by atoms with E-state index in [4.69, 9.17) is 5.14 Å². The van der Waals surface area contributed by atoms with Gasteiger partial charge in [0.2, 0.25) is 10.0 Å². The molecule has 1 aromatic carbocycles. The second-order valence-corrected chi connectivity index (χ2v) is 11.0. The minimum absolute atomic E-state index is 0.0985. The molecule has 6 N–H and O–H groups in total. The number of nitrogens with zero attached hydrogens (tertiary/aromatic N) is 4. The lowest BCUT2D eigenvalue weighted by Crippen LogP contribution is -2.35. The third-order valence-corrected chi connectivity index (χ3v) is 8.32. The van der Waals surface area contributed by atoms with Crippen LogP contribution in [0.5, 0.6) is 0 Å². The minimum Gasteiger partial charge on any atom is -0.610 e. The second-order valence-electron chi connectivity index (χ2n) is 8.08. The van der Waals surface area contributed by atoms with Crippen LogP contribution in [-0.2, 0) is 21.2 Å². The molecule has 176 valence electrons. The Morgan fingerprint density at radius 2 is 2.22 bits per heavy atom. The number of primary sulfonamides is 1. The maximum atomic E-state index is 13.2. The number of aromatic nitrogens is 4. The summed E-state index contributed by atoms with van der Waals surface area (Å²) in [5.74, 6) is 0.531. The zero-order valence-electron chi connectivity index (χ0n) is 17.5. The van der Waals surface area contributed by atoms with Crippen LogP contribution in [0.1, 0.15) is 19.3 Å². The summed E-state index contributed by atoms with van der Waals surface area (Å²) < 4.78 is 38.7. The van der Waals surface area contributed by atoms with Gasteiger partial charge in [0.15, 0.2) is 16.6 Å². The van der Waals surface area contributed by atoms with Gasteiger partial charge in [-0.3, -0.25) is 5.32 Å². The number of anilines is 1. The smallest absolute Gasteiger partial charge is 0.243 e. The molecule has 12 nitrogen and oxygen atoms in total. The molecule has 3 atom stereocenters. The van der Waals surface area contributed by atoms with E-state index in [1.807, 2.05) is 4.90 Å². The summed E-state index contributed by atoms with van der Waals surface area (Å²) in [5, 5.41) is 35.1. The maximum Gasteiger partial charge on any atom is 0.243 e. The summed E-state index contributed by atoms with van der Waals surface area (Å²) >= 11 is -1.66. The first-order chi connectivity index (χ1) is 15.4. The number of aliphatic hydroxyl groups is 1. The SMILES string of the molecule is NS(=O)(=O)c1c([S+]([O-])CN[C@@H]2CCNC2)ccc(N2CCC(CCO)C2)c1-c1nnn[nH]1. The quantitative estimate of drug-likeness (QED) is 0.269. The van der Waals surface area contributed by atoms with E-state index in [0.717, 1.165) is 25.9 Å². The molecule has 0 amide bonds. The fourth-order valence-electron chi connectivity index (χ4n) is 4.34. The Balaban J connectivity index is 1.74. The van der Waals surface area contributed by atoms with Gasteiger partial charge in [-0.25, -0.2) is 18.7 Å². The van der Waals surface area contributed by atoms with Crippen LogP contribution in [0.4, 0.5) is 5.69 Å². The minimum atomic E-state index is -4.26. The molecule has 2 unspecified atom stereocenters. The number of aliphatic hydroxyl groups excluding tert-OH is 1. The van der Waals surface area contributed by atoms with E-state index in [-0.39, 0.29) is 45.6 Å². The van der Waals surface area contributed by atoms with Gasteiger partial charge in [0.25, 0.3) is 0 Å². The number of nitrogens with two attached hydrogens (primary N) is 1. The number of hydrogen-bond donors (Lipinski definition) is 5. The predicted molar refractivity (Wildman–Crippen MR) is 119 cm³/mol. The van der Waals surface area contributed by atoms with E-state index in [9.17, 15) is 18.1 Å². The van der Waals surface area contributed by atoms with Gasteiger partial charge in [0, 0.05) is 49.1 Å². The van der Waals surface area contributed by atoms with E-state index < -0.39 is 21.2 Å². The molecule has 0 spiro atoms. The predicted octanol–water partition coefficient (Wildman–Crippen LogP) is -1.26. The van der Waals surface area contributed by atoms with Crippen molar-refractivity contribution in [2.75, 3.05) is 43.6 Å². The molecule has 3 heterocycles. The first-order valence-electron chi connectivity index (χ1n) is 10.5. The molecule has 2 aromatic rings. The molecule has 32 heavy (non-hydrogen) atoms. The molecule has 1 aromatic heterocycles. The molecule has 14 heteroatoms. The van der Waals surface area contributed by atoms with Gasteiger partial charge in [-0.1, -0.05) is 0 Å². The van der Waals surface area contributed by atoms with E-state index in [0.29, 0.717) is 25.2 Å². The summed E-state index contributed by atoms with van der Waals surface area (Å²) in [7, 11) is -4.26. The molecular formula is C18H28N8O4S2. The highest BCUT2D eigenvalue weighted by Crippen LogP contribution is 2.40. The van der Waals surface area contributed by atoms with Crippen LogP contribution in [0.2, 0.25) is 0 Å². The van der Waals surface area contributed by atoms with Crippen LogP contribution in [0.25, 0.3) is 11.4 Å². The first kappa shape index (κ1) is 23.4. The molecule has 0 saturated carbocycles. The molecule has 2 fully saturated rings. The Bertz CT molecular complexity index is 1010. The summed E-state index contributed by atoms with van der Waals surface area (Å²) in [6, 6.07) is 3.49. The lowest BCUT2D eigenvalue weighted by molar-refractivity contribution is 0.263. The molecule has 4 rings (SSSR count). The van der Waals surface area contributed by atoms with Crippen LogP contribution >= 0.6 is 0 Å². The van der Waals surface area contributed by atoms with Crippen molar-refractivity contribution in [2.24, 2.45) is 11.1 Å². The molecule has 0 radical (unpaired) electrons. The van der Waals surface area contributed by atoms with E-state index in [2.05, 4.69) is 31.3 Å². The van der Waals surface area contributed by atoms with E-state index in [1.54, 1.807) is 12.1 Å². The number of H-pyrrole nitrogens is 1. The Kier molecular flexibility index (Phi) is 7.29. The number of tetrazole rings is 1. The highest BCUT2D eigenvalue weighted by molar-refractivity contribution is 7.93. The number of benzene rings is 1. The lowest BCUT2D eigenvalue weighted by atomic mass is 10.1. The highest BCUT2D eigenvalue weighted by Gasteiger charge is 2.34. The molecule has 2 saturated heterocycles. The standard InChI is InChI=1S/C18H28N8O4S2/c19-32(29,30)17-15(31(28)11-21-13-3-6-20-9-13)2-1-14(16(17)18-22-24-25-23-18)26-7-4-12(10-26)5-8-27/h1-2,12-13,20-21,27H,3-11H2,(H2,19,29,30)(H,22,23,24,25)/t12?,13-,31?/m1/s1. The monoisotopic (exact) mass is 484 g/mol. The first-order valence-corrected chi connectivity index (χ1v) is 13.4. The third kappa shape index (κ3) is 5.06. The number of sulfonamides is 1. The van der Waals surface area contributed by atoms with Crippen molar-refractivity contribution in [2.45, 2.75) is 35.1 Å². The third-order valence-electron chi connectivity index (χ3n) is 5.94. The van der Waals surface area contributed by atoms with Gasteiger partial charge in [0.05, 0.1) is 5.56 Å². The van der Waals surface area contributed by atoms with Gasteiger partial charge in [-0.2, -0.15) is 0 Å². The summed E-state index contributed by atoms with van der Waals surface area (Å²) in [6.07, 6.45) is 2.45. The van der Waals surface area contributed by atoms with Gasteiger partial charge in [0.1, 0.15) is 4.90 Å². The highest BCUT2D eigenvalue weighted by atomic mass is 32.2. The van der Waals surface area contributed by atoms with Crippen molar-refractivity contribution in [3.8, 4) is 11.4 Å². The number of nitrogens with one attached hydrogen (secondary N) is 3. The fourth-order valence-corrected chi connectivity index (χ4v) is 6.87. The topological polar surface area (TPSA) is 185 Å². The Labute approximate surface area is 189 Å². The van der Waals surface area contributed by atoms with Crippen LogP contribution in [-0.4, -0.2) is 83.4 Å². The van der Waals surface area contributed by atoms with E-state index >= 15 is 0 Å². The van der Waals surface area contributed by atoms with Crippen molar-refractivity contribution in [3.05, 3.63) is 12.1 Å². The number of rotatable bonds is 9. The largest absolute Gasteiger partial charge is 0.610 e. The van der Waals surface area contributed by atoms with E-state index in [1.165, 1.54) is 0 Å². The molecule has 2 aliphatic rings. The molecule has 2 aliphatic heterocycles. The zero-order valence-corrected chi connectivity index (χ0v) is 19.2. The number of aromatic amines is 1. The van der Waals surface area contributed by atoms with Crippen LogP contribution in [0, 0.1) is 5.92 Å². The Hall–Kier alpha value is -1.81. The van der Waals surface area contributed by atoms with Gasteiger partial charge in [-0.05, 0) is 54.3 Å². The summed E-state index contributed by atoms with van der Waals surface area (Å²) in [5.41, 5.74) is 0.817. The van der Waals surface area contributed by atoms with Crippen molar-refractivity contribution >= 4 is 26.9 Å². The summed E-state index contributed by atoms with van der Waals surface area (Å²) in [6.45, 7) is 3.09. The van der Waals surface area contributed by atoms with Crippen LogP contribution in [0.15, 0.2) is 21.9 Å². The molecule has 0 aliphatic carbocycles. The van der Waals surface area contributed by atoms with Crippen molar-refractivity contribution in [3.63, 3.8) is 0 Å². The maximum absolute atomic E-state index is 13.2. The average molecular weight is 485 g/mol. The average Bonchev–Trinajstić information content (AvgIpc) is 3.53. The zero-order chi connectivity index (χ0) is 22.7. The molecule has 0 bridgehead atoms. The lowest BCUT2D eigenvalue weighted by Gasteiger charge is -2.24. The van der Waals surface area contributed by atoms with Crippen molar-refractivity contribution in [1.82, 2.24) is 31.3 Å². The van der Waals surface area contributed by atoms with Crippen LogP contribution in [0.3, 0.4) is 0 Å². The van der Waals surface area contributed by atoms with Crippen molar-refractivity contribution in [1.29, 1.82) is 0 Å². The van der Waals surface area contributed by atoms with Crippen molar-refractivity contribution < 1.29 is 18.1 Å². The Morgan fingerprint density at radius 3 is 2.88 bits per heavy atom. The van der Waals surface area contributed by atoms with Gasteiger partial charge in [-0.15, -0.1) is 5.10 Å². The second kappa shape index (κ2) is 9.99. The van der Waals surface area contributed by atoms with Crippen LogP contribution < -0.4 is 20.7 Å².